The summed E-state index contributed by atoms with van der Waals surface area (Å²) in [7, 11) is 0. The Labute approximate surface area is 100 Å². The van der Waals surface area contributed by atoms with Crippen LogP contribution >= 0.6 is 11.6 Å². The first kappa shape index (κ1) is 10.2. The summed E-state index contributed by atoms with van der Waals surface area (Å²) >= 11 is 6.14. The van der Waals surface area contributed by atoms with Gasteiger partial charge in [0.05, 0.1) is 21.9 Å². The first-order valence-electron chi connectivity index (χ1n) is 5.67. The molecular weight excluding hydrogens is 224 g/mol. The van der Waals surface area contributed by atoms with Crippen molar-refractivity contribution in [2.24, 2.45) is 0 Å². The molecule has 0 saturated carbocycles. The molecule has 2 N–H and O–H groups in total. The number of fused-ring (bicyclic) bond motifs is 1. The van der Waals surface area contributed by atoms with Crippen molar-refractivity contribution in [2.75, 3.05) is 30.4 Å². The molecule has 0 bridgehead atoms. The highest BCUT2D eigenvalue weighted by Gasteiger charge is 2.35. The van der Waals surface area contributed by atoms with Crippen molar-refractivity contribution < 1.29 is 4.74 Å². The highest BCUT2D eigenvalue weighted by Crippen LogP contribution is 2.38. The van der Waals surface area contributed by atoms with Gasteiger partial charge < -0.3 is 15.4 Å². The van der Waals surface area contributed by atoms with Gasteiger partial charge in [-0.1, -0.05) is 17.7 Å². The number of anilines is 2. The monoisotopic (exact) mass is 238 g/mol. The number of benzene rings is 1. The quantitative estimate of drug-likeness (QED) is 0.729. The molecule has 2 heterocycles. The number of nitrogens with one attached hydrogen (secondary N) is 2. The summed E-state index contributed by atoms with van der Waals surface area (Å²) in [5.41, 5.74) is 2.29. The van der Waals surface area contributed by atoms with E-state index in [2.05, 4.69) is 16.7 Å². The zero-order valence-electron chi connectivity index (χ0n) is 9.05. The van der Waals surface area contributed by atoms with Gasteiger partial charge in [0.15, 0.2) is 0 Å². The predicted octanol–water partition coefficient (Wildman–Crippen LogP) is 2.73. The van der Waals surface area contributed by atoms with Gasteiger partial charge in [-0.3, -0.25) is 0 Å². The van der Waals surface area contributed by atoms with E-state index in [1.165, 1.54) is 0 Å². The minimum atomic E-state index is 0.149. The van der Waals surface area contributed by atoms with E-state index < -0.39 is 0 Å². The molecule has 0 aromatic heterocycles. The Morgan fingerprint density at radius 1 is 1.25 bits per heavy atom. The molecule has 1 fully saturated rings. The molecule has 1 aromatic rings. The smallest absolute Gasteiger partial charge is 0.0766 e. The van der Waals surface area contributed by atoms with Crippen LogP contribution in [0.5, 0.6) is 0 Å². The standard InChI is InChI=1S/C12H15ClN2O/c13-9-2-1-3-10-11(9)14-8-12(15-10)4-6-16-7-5-12/h1-3,14-15H,4-8H2. The zero-order valence-corrected chi connectivity index (χ0v) is 9.81. The molecule has 2 aliphatic heterocycles. The molecule has 0 atom stereocenters. The summed E-state index contributed by atoms with van der Waals surface area (Å²) in [6.45, 7) is 2.60. The SMILES string of the molecule is Clc1cccc2c1NCC1(CCOCC1)N2. The van der Waals surface area contributed by atoms with Crippen LogP contribution in [-0.2, 0) is 4.74 Å². The van der Waals surface area contributed by atoms with Gasteiger partial charge in [-0.25, -0.2) is 0 Å². The Kier molecular flexibility index (Phi) is 2.45. The second-order valence-corrected chi connectivity index (χ2v) is 4.94. The summed E-state index contributed by atoms with van der Waals surface area (Å²) in [5.74, 6) is 0. The second-order valence-electron chi connectivity index (χ2n) is 4.53. The number of hydrogen-bond donors (Lipinski definition) is 2. The lowest BCUT2D eigenvalue weighted by molar-refractivity contribution is 0.0635. The van der Waals surface area contributed by atoms with Gasteiger partial charge in [-0.15, -0.1) is 0 Å². The number of hydrogen-bond acceptors (Lipinski definition) is 3. The lowest BCUT2D eigenvalue weighted by Gasteiger charge is -2.43. The van der Waals surface area contributed by atoms with Crippen molar-refractivity contribution in [3.8, 4) is 0 Å². The molecule has 1 saturated heterocycles. The molecular formula is C12H15ClN2O. The molecule has 4 heteroatoms. The average molecular weight is 239 g/mol. The maximum Gasteiger partial charge on any atom is 0.0766 e. The maximum absolute atomic E-state index is 6.14. The van der Waals surface area contributed by atoms with Gasteiger partial charge in [0.25, 0.3) is 0 Å². The first-order valence-corrected chi connectivity index (χ1v) is 6.05. The fourth-order valence-electron chi connectivity index (χ4n) is 2.46. The van der Waals surface area contributed by atoms with E-state index in [0.29, 0.717) is 0 Å². The van der Waals surface area contributed by atoms with Gasteiger partial charge in [0, 0.05) is 19.8 Å². The summed E-state index contributed by atoms with van der Waals surface area (Å²) in [4.78, 5) is 0. The summed E-state index contributed by atoms with van der Waals surface area (Å²) in [6, 6.07) is 5.97. The van der Waals surface area contributed by atoms with Crippen molar-refractivity contribution in [1.82, 2.24) is 0 Å². The van der Waals surface area contributed by atoms with Gasteiger partial charge in [0.2, 0.25) is 0 Å². The highest BCUT2D eigenvalue weighted by atomic mass is 35.5. The third-order valence-electron chi connectivity index (χ3n) is 3.47. The van der Waals surface area contributed by atoms with Crippen LogP contribution in [0.3, 0.4) is 0 Å². The molecule has 2 aliphatic rings. The Hall–Kier alpha value is -0.930. The maximum atomic E-state index is 6.14. The molecule has 0 amide bonds. The molecule has 0 radical (unpaired) electrons. The van der Waals surface area contributed by atoms with Crippen molar-refractivity contribution in [2.45, 2.75) is 18.4 Å². The molecule has 0 unspecified atom stereocenters. The molecule has 86 valence electrons. The molecule has 0 aliphatic carbocycles. The van der Waals surface area contributed by atoms with Crippen LogP contribution < -0.4 is 10.6 Å². The molecule has 3 rings (SSSR count). The van der Waals surface area contributed by atoms with Crippen LogP contribution in [0.4, 0.5) is 11.4 Å². The normalized spacial score (nSPS) is 22.1. The van der Waals surface area contributed by atoms with Crippen molar-refractivity contribution in [3.63, 3.8) is 0 Å². The fraction of sp³-hybridized carbons (Fsp3) is 0.500. The average Bonchev–Trinajstić information content (AvgIpc) is 2.30. The van der Waals surface area contributed by atoms with E-state index in [0.717, 1.165) is 49.0 Å². The molecule has 1 spiro atoms. The lowest BCUT2D eigenvalue weighted by atomic mass is 9.87. The van der Waals surface area contributed by atoms with Crippen LogP contribution in [-0.4, -0.2) is 25.3 Å². The van der Waals surface area contributed by atoms with E-state index in [9.17, 15) is 0 Å². The van der Waals surface area contributed by atoms with Crippen molar-refractivity contribution in [3.05, 3.63) is 23.2 Å². The molecule has 3 nitrogen and oxygen atoms in total. The summed E-state index contributed by atoms with van der Waals surface area (Å²) in [6.07, 6.45) is 2.10. The van der Waals surface area contributed by atoms with Crippen molar-refractivity contribution in [1.29, 1.82) is 0 Å². The van der Waals surface area contributed by atoms with Gasteiger partial charge in [-0.05, 0) is 25.0 Å². The highest BCUT2D eigenvalue weighted by molar-refractivity contribution is 6.34. The van der Waals surface area contributed by atoms with Gasteiger partial charge in [0.1, 0.15) is 0 Å². The third kappa shape index (κ3) is 1.64. The Balaban J connectivity index is 1.91. The van der Waals surface area contributed by atoms with Crippen LogP contribution in [0.1, 0.15) is 12.8 Å². The van der Waals surface area contributed by atoms with E-state index in [-0.39, 0.29) is 5.54 Å². The van der Waals surface area contributed by atoms with Crippen molar-refractivity contribution >= 4 is 23.0 Å². The summed E-state index contributed by atoms with van der Waals surface area (Å²) < 4.78 is 5.41. The van der Waals surface area contributed by atoms with E-state index in [1.54, 1.807) is 0 Å². The minimum absolute atomic E-state index is 0.149. The van der Waals surface area contributed by atoms with Crippen LogP contribution in [0, 0.1) is 0 Å². The van der Waals surface area contributed by atoms with E-state index in [4.69, 9.17) is 16.3 Å². The Morgan fingerprint density at radius 3 is 2.88 bits per heavy atom. The number of ether oxygens (including phenoxy) is 1. The number of rotatable bonds is 0. The topological polar surface area (TPSA) is 33.3 Å². The summed E-state index contributed by atoms with van der Waals surface area (Å²) in [5, 5.41) is 7.85. The van der Waals surface area contributed by atoms with Gasteiger partial charge >= 0.3 is 0 Å². The van der Waals surface area contributed by atoms with Crippen LogP contribution in [0.15, 0.2) is 18.2 Å². The van der Waals surface area contributed by atoms with E-state index in [1.807, 2.05) is 12.1 Å². The first-order chi connectivity index (χ1) is 7.79. The molecule has 16 heavy (non-hydrogen) atoms. The minimum Gasteiger partial charge on any atom is -0.381 e. The Bertz CT molecular complexity index is 402. The zero-order chi connectivity index (χ0) is 11.0. The lowest BCUT2D eigenvalue weighted by Crippen LogP contribution is -2.51. The van der Waals surface area contributed by atoms with Gasteiger partial charge in [-0.2, -0.15) is 0 Å². The number of halogens is 1. The van der Waals surface area contributed by atoms with Crippen LogP contribution in [0.2, 0.25) is 5.02 Å². The Morgan fingerprint density at radius 2 is 2.06 bits per heavy atom. The third-order valence-corrected chi connectivity index (χ3v) is 3.78. The predicted molar refractivity (Wildman–Crippen MR) is 66.3 cm³/mol. The largest absolute Gasteiger partial charge is 0.381 e. The van der Waals surface area contributed by atoms with Crippen LogP contribution in [0.25, 0.3) is 0 Å². The van der Waals surface area contributed by atoms with E-state index >= 15 is 0 Å². The second kappa shape index (κ2) is 3.82. The fourth-order valence-corrected chi connectivity index (χ4v) is 2.70. The number of para-hydroxylation sites is 1. The molecule has 1 aromatic carbocycles.